The van der Waals surface area contributed by atoms with E-state index in [0.717, 1.165) is 21.8 Å². The summed E-state index contributed by atoms with van der Waals surface area (Å²) in [4.78, 5) is 24.0. The summed E-state index contributed by atoms with van der Waals surface area (Å²) >= 11 is 1.57. The van der Waals surface area contributed by atoms with Crippen LogP contribution in [0.3, 0.4) is 0 Å². The molecule has 23 heavy (non-hydrogen) atoms. The van der Waals surface area contributed by atoms with Crippen LogP contribution in [0.2, 0.25) is 0 Å². The zero-order valence-corrected chi connectivity index (χ0v) is 12.9. The fraction of sp³-hybridized carbons (Fsp3) is 0.0625. The lowest BCUT2D eigenvalue weighted by atomic mass is 10.3. The van der Waals surface area contributed by atoms with Crippen molar-refractivity contribution in [2.45, 2.75) is 10.8 Å². The van der Waals surface area contributed by atoms with Gasteiger partial charge in [-0.25, -0.2) is 9.97 Å². The summed E-state index contributed by atoms with van der Waals surface area (Å²) in [6.07, 6.45) is 1.75. The van der Waals surface area contributed by atoms with E-state index in [1.165, 1.54) is 4.68 Å². The van der Waals surface area contributed by atoms with Crippen LogP contribution in [0.25, 0.3) is 17.0 Å². The number of nitrogens with zero attached hydrogens (tertiary/aromatic N) is 3. The number of H-pyrrole nitrogens is 2. The molecule has 0 fully saturated rings. The second-order valence-electron chi connectivity index (χ2n) is 4.99. The molecule has 0 aliphatic carbocycles. The number of thioether (sulfide) groups is 1. The maximum absolute atomic E-state index is 12.2. The van der Waals surface area contributed by atoms with Crippen molar-refractivity contribution in [2.24, 2.45) is 0 Å². The molecule has 4 rings (SSSR count). The highest BCUT2D eigenvalue weighted by Crippen LogP contribution is 2.19. The van der Waals surface area contributed by atoms with E-state index < -0.39 is 0 Å². The van der Waals surface area contributed by atoms with E-state index in [0.29, 0.717) is 11.7 Å². The molecule has 0 saturated heterocycles. The van der Waals surface area contributed by atoms with Crippen molar-refractivity contribution in [3.63, 3.8) is 0 Å². The first-order chi connectivity index (χ1) is 11.3. The molecule has 0 atom stereocenters. The van der Waals surface area contributed by atoms with Crippen molar-refractivity contribution in [3.05, 3.63) is 70.8 Å². The highest BCUT2D eigenvalue weighted by molar-refractivity contribution is 7.98. The molecule has 0 unspecified atom stereocenters. The van der Waals surface area contributed by atoms with Crippen LogP contribution in [-0.4, -0.2) is 24.7 Å². The lowest BCUT2D eigenvalue weighted by Gasteiger charge is -1.99. The van der Waals surface area contributed by atoms with E-state index in [9.17, 15) is 4.79 Å². The predicted molar refractivity (Wildman–Crippen MR) is 89.8 cm³/mol. The van der Waals surface area contributed by atoms with Gasteiger partial charge >= 0.3 is 0 Å². The number of imidazole rings is 1. The Labute approximate surface area is 135 Å². The molecule has 2 N–H and O–H groups in total. The summed E-state index contributed by atoms with van der Waals surface area (Å²) < 4.78 is 1.42. The van der Waals surface area contributed by atoms with E-state index in [1.54, 1.807) is 24.0 Å². The van der Waals surface area contributed by atoms with E-state index in [1.807, 2.05) is 42.5 Å². The predicted octanol–water partition coefficient (Wildman–Crippen LogP) is 2.73. The van der Waals surface area contributed by atoms with Crippen LogP contribution < -0.4 is 5.56 Å². The zero-order valence-electron chi connectivity index (χ0n) is 12.1. The summed E-state index contributed by atoms with van der Waals surface area (Å²) in [7, 11) is 0. The van der Waals surface area contributed by atoms with Crippen molar-refractivity contribution >= 4 is 22.8 Å². The van der Waals surface area contributed by atoms with Crippen molar-refractivity contribution in [1.29, 1.82) is 0 Å². The molecule has 0 aliphatic heterocycles. The van der Waals surface area contributed by atoms with Crippen LogP contribution in [0.4, 0.5) is 0 Å². The number of aromatic amines is 2. The Morgan fingerprint density at radius 3 is 2.83 bits per heavy atom. The maximum atomic E-state index is 12.2. The van der Waals surface area contributed by atoms with Gasteiger partial charge in [0.15, 0.2) is 0 Å². The molecule has 0 saturated carbocycles. The third-order valence-electron chi connectivity index (χ3n) is 3.38. The quantitative estimate of drug-likeness (QED) is 0.566. The molecule has 0 amide bonds. The molecule has 4 aromatic rings. The third-order valence-corrected chi connectivity index (χ3v) is 4.37. The maximum Gasteiger partial charge on any atom is 0.274 e. The van der Waals surface area contributed by atoms with Crippen LogP contribution in [-0.2, 0) is 5.75 Å². The Bertz CT molecular complexity index is 969. The summed E-state index contributed by atoms with van der Waals surface area (Å²) in [5.41, 5.74) is 2.41. The average molecular weight is 323 g/mol. The van der Waals surface area contributed by atoms with Crippen LogP contribution >= 0.6 is 11.8 Å². The van der Waals surface area contributed by atoms with Crippen LogP contribution in [0.15, 0.2) is 64.5 Å². The van der Waals surface area contributed by atoms with Gasteiger partial charge in [-0.3, -0.25) is 9.89 Å². The number of fused-ring (bicyclic) bond motifs is 1. The van der Waals surface area contributed by atoms with E-state index in [-0.39, 0.29) is 5.56 Å². The second-order valence-corrected chi connectivity index (χ2v) is 5.98. The average Bonchev–Trinajstić information content (AvgIpc) is 3.17. The summed E-state index contributed by atoms with van der Waals surface area (Å²) in [5.74, 6) is 1.13. The van der Waals surface area contributed by atoms with Gasteiger partial charge in [0, 0.05) is 23.7 Å². The van der Waals surface area contributed by atoms with E-state index in [4.69, 9.17) is 0 Å². The molecule has 7 heteroatoms. The van der Waals surface area contributed by atoms with Gasteiger partial charge in [0.25, 0.3) is 5.56 Å². The van der Waals surface area contributed by atoms with Gasteiger partial charge in [0.05, 0.1) is 16.1 Å². The van der Waals surface area contributed by atoms with Crippen molar-refractivity contribution in [1.82, 2.24) is 24.7 Å². The number of hydrogen-bond acceptors (Lipinski definition) is 4. The minimum atomic E-state index is -0.138. The molecule has 3 aromatic heterocycles. The van der Waals surface area contributed by atoms with Gasteiger partial charge < -0.3 is 4.98 Å². The minimum absolute atomic E-state index is 0.138. The van der Waals surface area contributed by atoms with Crippen LogP contribution in [0, 0.1) is 0 Å². The van der Waals surface area contributed by atoms with Gasteiger partial charge in [-0.15, -0.1) is 11.8 Å². The molecule has 114 valence electrons. The molecule has 3 heterocycles. The number of aromatic nitrogens is 5. The SMILES string of the molecule is O=c1cc(CSc2ccccn2)[nH]n1-c1nc2ccccc2[nH]1. The van der Waals surface area contributed by atoms with Crippen LogP contribution in [0.1, 0.15) is 5.69 Å². The van der Waals surface area contributed by atoms with Crippen molar-refractivity contribution < 1.29 is 0 Å². The van der Waals surface area contributed by atoms with E-state index >= 15 is 0 Å². The minimum Gasteiger partial charge on any atom is -0.322 e. The fourth-order valence-electron chi connectivity index (χ4n) is 2.31. The van der Waals surface area contributed by atoms with E-state index in [2.05, 4.69) is 20.1 Å². The Hall–Kier alpha value is -2.80. The number of pyridine rings is 1. The Morgan fingerprint density at radius 2 is 2.00 bits per heavy atom. The van der Waals surface area contributed by atoms with Crippen molar-refractivity contribution in [3.8, 4) is 5.95 Å². The van der Waals surface area contributed by atoms with Crippen LogP contribution in [0.5, 0.6) is 0 Å². The topological polar surface area (TPSA) is 79.4 Å². The van der Waals surface area contributed by atoms with Gasteiger partial charge in [0.1, 0.15) is 0 Å². The summed E-state index contributed by atoms with van der Waals surface area (Å²) in [6, 6.07) is 15.0. The smallest absolute Gasteiger partial charge is 0.274 e. The van der Waals surface area contributed by atoms with Gasteiger partial charge in [-0.1, -0.05) is 18.2 Å². The first kappa shape index (κ1) is 13.8. The van der Waals surface area contributed by atoms with Crippen molar-refractivity contribution in [2.75, 3.05) is 0 Å². The highest BCUT2D eigenvalue weighted by atomic mass is 32.2. The lowest BCUT2D eigenvalue weighted by Crippen LogP contribution is -2.14. The standard InChI is InChI=1S/C16H13N5OS/c22-15-9-11(10-23-14-7-3-4-8-17-14)20-21(15)16-18-12-5-1-2-6-13(12)19-16/h1-9,20H,10H2,(H,18,19). The second kappa shape index (κ2) is 5.77. The highest BCUT2D eigenvalue weighted by Gasteiger charge is 2.09. The number of hydrogen-bond donors (Lipinski definition) is 2. The number of nitrogens with one attached hydrogen (secondary N) is 2. The Kier molecular flexibility index (Phi) is 3.47. The summed E-state index contributed by atoms with van der Waals surface area (Å²) in [5, 5.41) is 4.01. The summed E-state index contributed by atoms with van der Waals surface area (Å²) in [6.45, 7) is 0. The normalized spacial score (nSPS) is 11.1. The monoisotopic (exact) mass is 323 g/mol. The fourth-order valence-corrected chi connectivity index (χ4v) is 3.07. The molecular formula is C16H13N5OS. The first-order valence-corrected chi connectivity index (χ1v) is 8.08. The van der Waals surface area contributed by atoms with Gasteiger partial charge in [-0.05, 0) is 24.3 Å². The third kappa shape index (κ3) is 2.78. The Morgan fingerprint density at radius 1 is 1.13 bits per heavy atom. The number of para-hydroxylation sites is 2. The molecule has 0 radical (unpaired) electrons. The molecular weight excluding hydrogens is 310 g/mol. The van der Waals surface area contributed by atoms with Gasteiger partial charge in [0.2, 0.25) is 5.95 Å². The molecule has 0 aliphatic rings. The lowest BCUT2D eigenvalue weighted by molar-refractivity contribution is 0.789. The van der Waals surface area contributed by atoms with Gasteiger partial charge in [-0.2, -0.15) is 4.68 Å². The molecule has 0 bridgehead atoms. The molecule has 1 aromatic carbocycles. The molecule has 6 nitrogen and oxygen atoms in total. The first-order valence-electron chi connectivity index (χ1n) is 7.09. The Balaban J connectivity index is 1.60. The largest absolute Gasteiger partial charge is 0.322 e. The number of rotatable bonds is 4. The number of benzene rings is 1. The molecule has 0 spiro atoms. The zero-order chi connectivity index (χ0) is 15.6.